The van der Waals surface area contributed by atoms with Crippen LogP contribution in [0.25, 0.3) is 0 Å². The molecular weight excluding hydrogens is 332 g/mol. The van der Waals surface area contributed by atoms with Crippen molar-refractivity contribution in [1.82, 2.24) is 0 Å². The molecule has 1 aromatic carbocycles. The van der Waals surface area contributed by atoms with Crippen molar-refractivity contribution in [3.8, 4) is 5.75 Å². The predicted octanol–water partition coefficient (Wildman–Crippen LogP) is 4.00. The van der Waals surface area contributed by atoms with Gasteiger partial charge in [0.15, 0.2) is 0 Å². The molecule has 0 unspecified atom stereocenters. The molecule has 0 aliphatic carbocycles. The molecule has 0 heterocycles. The van der Waals surface area contributed by atoms with Gasteiger partial charge in [0.25, 0.3) is 0 Å². The van der Waals surface area contributed by atoms with Crippen molar-refractivity contribution in [3.05, 3.63) is 41.5 Å². The van der Waals surface area contributed by atoms with Crippen LogP contribution < -0.4 is 0 Å². The second-order valence-corrected chi connectivity index (χ2v) is 5.22. The van der Waals surface area contributed by atoms with E-state index >= 15 is 0 Å². The van der Waals surface area contributed by atoms with E-state index in [1.165, 1.54) is 5.56 Å². The first-order valence-electron chi connectivity index (χ1n) is 5.29. The third-order valence-electron chi connectivity index (χ3n) is 2.44. The first-order chi connectivity index (χ1) is 7.72. The van der Waals surface area contributed by atoms with Crippen molar-refractivity contribution < 1.29 is 5.11 Å². The largest absolute Gasteiger partial charge is 0.507 e. The van der Waals surface area contributed by atoms with E-state index in [-0.39, 0.29) is 0 Å². The molecule has 1 nitrogen and oxygen atoms in total. The Morgan fingerprint density at radius 1 is 1.12 bits per heavy atom. The van der Waals surface area contributed by atoms with Crippen LogP contribution in [0.4, 0.5) is 0 Å². The summed E-state index contributed by atoms with van der Waals surface area (Å²) in [4.78, 5) is 0. The Hall–Kier alpha value is -0.280. The highest BCUT2D eigenvalue weighted by atomic mass is 79.9. The maximum atomic E-state index is 10.1. The Labute approximate surface area is 114 Å². The van der Waals surface area contributed by atoms with Crippen LogP contribution in [0.2, 0.25) is 0 Å². The maximum Gasteiger partial charge on any atom is 0.122 e. The van der Waals surface area contributed by atoms with Crippen LogP contribution in [-0.2, 0) is 19.3 Å². The van der Waals surface area contributed by atoms with Gasteiger partial charge in [0, 0.05) is 10.7 Å². The lowest BCUT2D eigenvalue weighted by Gasteiger charge is -2.11. The number of alkyl halides is 2. The average Bonchev–Trinajstić information content (AvgIpc) is 2.26. The van der Waals surface area contributed by atoms with Gasteiger partial charge in [-0.25, -0.2) is 0 Å². The van der Waals surface area contributed by atoms with Crippen molar-refractivity contribution in [1.29, 1.82) is 0 Å². The molecule has 1 N–H and O–H groups in total. The first-order valence-corrected chi connectivity index (χ1v) is 7.53. The Balaban J connectivity index is 3.09. The van der Waals surface area contributed by atoms with Crippen LogP contribution in [0.1, 0.15) is 16.7 Å². The Morgan fingerprint density at radius 2 is 1.62 bits per heavy atom. The number of rotatable bonds is 6. The van der Waals surface area contributed by atoms with E-state index < -0.39 is 0 Å². The Bertz CT molecular complexity index is 334. The highest BCUT2D eigenvalue weighted by Crippen LogP contribution is 2.27. The summed E-state index contributed by atoms with van der Waals surface area (Å²) >= 11 is 6.81. The normalized spacial score (nSPS) is 10.4. The molecule has 0 aliphatic heterocycles. The Morgan fingerprint density at radius 3 is 2.00 bits per heavy atom. The molecule has 0 spiro atoms. The van der Waals surface area contributed by atoms with Gasteiger partial charge in [-0.2, -0.15) is 0 Å². The van der Waals surface area contributed by atoms with Gasteiger partial charge in [-0.05, 0) is 36.0 Å². The van der Waals surface area contributed by atoms with E-state index in [1.807, 2.05) is 6.08 Å². The fourth-order valence-corrected chi connectivity index (χ4v) is 2.56. The van der Waals surface area contributed by atoms with Crippen LogP contribution in [0.5, 0.6) is 5.75 Å². The number of phenolic OH excluding ortho intramolecular Hbond substituents is 1. The van der Waals surface area contributed by atoms with E-state index in [0.29, 0.717) is 5.75 Å². The summed E-state index contributed by atoms with van der Waals surface area (Å²) in [5.41, 5.74) is 3.26. The summed E-state index contributed by atoms with van der Waals surface area (Å²) in [6.45, 7) is 3.75. The minimum atomic E-state index is 0.451. The fraction of sp³-hybridized carbons (Fsp3) is 0.385. The third-order valence-corrected chi connectivity index (χ3v) is 3.23. The zero-order valence-electron chi connectivity index (χ0n) is 9.18. The van der Waals surface area contributed by atoms with Crippen molar-refractivity contribution in [2.45, 2.75) is 19.3 Å². The summed E-state index contributed by atoms with van der Waals surface area (Å²) in [6.07, 6.45) is 4.45. The molecule has 0 atom stereocenters. The van der Waals surface area contributed by atoms with Crippen molar-refractivity contribution in [2.75, 3.05) is 10.7 Å². The monoisotopic (exact) mass is 346 g/mol. The SMILES string of the molecule is C=CCc1cc(CCBr)c(O)c(CCBr)c1. The number of benzene rings is 1. The molecule has 1 aromatic rings. The zero-order chi connectivity index (χ0) is 12.0. The van der Waals surface area contributed by atoms with Gasteiger partial charge in [0.1, 0.15) is 5.75 Å². The van der Waals surface area contributed by atoms with E-state index in [0.717, 1.165) is 41.0 Å². The van der Waals surface area contributed by atoms with Gasteiger partial charge in [0.2, 0.25) is 0 Å². The maximum absolute atomic E-state index is 10.1. The molecule has 88 valence electrons. The first kappa shape index (κ1) is 13.8. The highest BCUT2D eigenvalue weighted by Gasteiger charge is 2.08. The summed E-state index contributed by atoms with van der Waals surface area (Å²) in [7, 11) is 0. The molecule has 0 bridgehead atoms. The van der Waals surface area contributed by atoms with Gasteiger partial charge in [-0.1, -0.05) is 50.1 Å². The highest BCUT2D eigenvalue weighted by molar-refractivity contribution is 9.09. The Kier molecular flexibility index (Phi) is 6.14. The molecule has 0 aliphatic rings. The lowest BCUT2D eigenvalue weighted by Crippen LogP contribution is -1.97. The molecule has 0 saturated heterocycles. The summed E-state index contributed by atoms with van der Waals surface area (Å²) in [6, 6.07) is 4.13. The second-order valence-electron chi connectivity index (χ2n) is 3.63. The molecule has 0 radical (unpaired) electrons. The quantitative estimate of drug-likeness (QED) is 0.609. The summed E-state index contributed by atoms with van der Waals surface area (Å²) < 4.78 is 0. The topological polar surface area (TPSA) is 20.2 Å². The summed E-state index contributed by atoms with van der Waals surface area (Å²) in [5.74, 6) is 0.451. The smallest absolute Gasteiger partial charge is 0.122 e. The van der Waals surface area contributed by atoms with Gasteiger partial charge in [-0.15, -0.1) is 6.58 Å². The van der Waals surface area contributed by atoms with E-state index in [4.69, 9.17) is 0 Å². The van der Waals surface area contributed by atoms with Crippen LogP contribution in [-0.4, -0.2) is 15.8 Å². The van der Waals surface area contributed by atoms with E-state index in [9.17, 15) is 5.11 Å². The van der Waals surface area contributed by atoms with Gasteiger partial charge >= 0.3 is 0 Å². The minimum Gasteiger partial charge on any atom is -0.507 e. The lowest BCUT2D eigenvalue weighted by atomic mass is 9.99. The standard InChI is InChI=1S/C13H16Br2O/c1-2-3-10-8-11(4-6-14)13(16)12(9-10)5-7-15/h2,8-9,16H,1,3-7H2. The van der Waals surface area contributed by atoms with E-state index in [2.05, 4.69) is 50.6 Å². The van der Waals surface area contributed by atoms with Gasteiger partial charge < -0.3 is 5.11 Å². The number of hydrogen-bond donors (Lipinski definition) is 1. The molecular formula is C13H16Br2O. The van der Waals surface area contributed by atoms with Gasteiger partial charge in [-0.3, -0.25) is 0 Å². The van der Waals surface area contributed by atoms with Gasteiger partial charge in [0.05, 0.1) is 0 Å². The van der Waals surface area contributed by atoms with Crippen LogP contribution in [0.15, 0.2) is 24.8 Å². The molecule has 0 aromatic heterocycles. The predicted molar refractivity (Wildman–Crippen MR) is 77.0 cm³/mol. The average molecular weight is 348 g/mol. The lowest BCUT2D eigenvalue weighted by molar-refractivity contribution is 0.462. The van der Waals surface area contributed by atoms with E-state index in [1.54, 1.807) is 0 Å². The van der Waals surface area contributed by atoms with Crippen molar-refractivity contribution in [2.24, 2.45) is 0 Å². The van der Waals surface area contributed by atoms with Crippen LogP contribution in [0.3, 0.4) is 0 Å². The fourth-order valence-electron chi connectivity index (χ4n) is 1.70. The third kappa shape index (κ3) is 3.63. The number of aryl methyl sites for hydroxylation is 2. The zero-order valence-corrected chi connectivity index (χ0v) is 12.3. The number of phenols is 1. The number of halogens is 2. The molecule has 16 heavy (non-hydrogen) atoms. The summed E-state index contributed by atoms with van der Waals surface area (Å²) in [5, 5.41) is 11.8. The second kappa shape index (κ2) is 7.13. The van der Waals surface area contributed by atoms with Crippen LogP contribution in [0, 0.1) is 0 Å². The van der Waals surface area contributed by atoms with Crippen LogP contribution >= 0.6 is 31.9 Å². The molecule has 0 fully saturated rings. The number of aromatic hydroxyl groups is 1. The van der Waals surface area contributed by atoms with Crippen molar-refractivity contribution >= 4 is 31.9 Å². The molecule has 3 heteroatoms. The minimum absolute atomic E-state index is 0.451. The molecule has 1 rings (SSSR count). The molecule has 0 saturated carbocycles. The molecule has 0 amide bonds. The van der Waals surface area contributed by atoms with Crippen molar-refractivity contribution in [3.63, 3.8) is 0 Å². The number of hydrogen-bond acceptors (Lipinski definition) is 1. The number of allylic oxidation sites excluding steroid dienone is 1.